The molecule has 0 saturated heterocycles. The van der Waals surface area contributed by atoms with Gasteiger partial charge in [-0.1, -0.05) is 40.2 Å². The van der Waals surface area contributed by atoms with Crippen molar-refractivity contribution in [2.75, 3.05) is 7.11 Å². The Bertz CT molecular complexity index is 653. The maximum Gasteiger partial charge on any atom is 0.338 e. The van der Waals surface area contributed by atoms with Crippen molar-refractivity contribution in [1.29, 1.82) is 0 Å². The number of carbonyl (C=O) groups excluding carboxylic acids is 2. The number of rotatable bonds is 4. The van der Waals surface area contributed by atoms with Crippen molar-refractivity contribution in [3.8, 4) is 0 Å². The summed E-state index contributed by atoms with van der Waals surface area (Å²) in [6.45, 7) is 0.121. The van der Waals surface area contributed by atoms with Gasteiger partial charge >= 0.3 is 11.9 Å². The van der Waals surface area contributed by atoms with Crippen LogP contribution in [0.15, 0.2) is 53.0 Å². The molecule has 2 aromatic carbocycles. The Kier molecular flexibility index (Phi) is 5.11. The lowest BCUT2D eigenvalue weighted by Gasteiger charge is -2.08. The molecule has 0 fully saturated rings. The fourth-order valence-corrected chi connectivity index (χ4v) is 2.20. The summed E-state index contributed by atoms with van der Waals surface area (Å²) in [5.74, 6) is -0.803. The first-order valence-corrected chi connectivity index (χ1v) is 7.00. The summed E-state index contributed by atoms with van der Waals surface area (Å²) in [5, 5.41) is 0. The van der Waals surface area contributed by atoms with Crippen molar-refractivity contribution in [2.45, 2.75) is 6.61 Å². The topological polar surface area (TPSA) is 52.6 Å². The van der Waals surface area contributed by atoms with Crippen LogP contribution in [0.2, 0.25) is 0 Å². The van der Waals surface area contributed by atoms with Gasteiger partial charge in [0.05, 0.1) is 18.2 Å². The molecule has 0 spiro atoms. The van der Waals surface area contributed by atoms with Gasteiger partial charge in [-0.2, -0.15) is 0 Å². The molecular weight excluding hydrogens is 336 g/mol. The number of carbonyl (C=O) groups is 2. The second-order valence-electron chi connectivity index (χ2n) is 4.24. The van der Waals surface area contributed by atoms with Crippen LogP contribution in [0.25, 0.3) is 0 Å². The van der Waals surface area contributed by atoms with E-state index in [1.165, 1.54) is 7.11 Å². The van der Waals surface area contributed by atoms with Crippen molar-refractivity contribution in [3.63, 3.8) is 0 Å². The Labute approximate surface area is 130 Å². The van der Waals surface area contributed by atoms with Gasteiger partial charge in [-0.15, -0.1) is 0 Å². The summed E-state index contributed by atoms with van der Waals surface area (Å²) in [4.78, 5) is 23.2. The molecule has 0 amide bonds. The minimum atomic E-state index is -0.413. The zero-order valence-corrected chi connectivity index (χ0v) is 12.9. The number of benzene rings is 2. The largest absolute Gasteiger partial charge is 0.465 e. The molecule has 0 aliphatic heterocycles. The molecule has 0 heterocycles. The molecule has 108 valence electrons. The van der Waals surface area contributed by atoms with E-state index in [2.05, 4.69) is 20.7 Å². The molecule has 0 saturated carbocycles. The van der Waals surface area contributed by atoms with Crippen molar-refractivity contribution in [1.82, 2.24) is 0 Å². The quantitative estimate of drug-likeness (QED) is 0.792. The second kappa shape index (κ2) is 7.04. The Hall–Kier alpha value is -2.14. The van der Waals surface area contributed by atoms with Gasteiger partial charge in [0, 0.05) is 10.0 Å². The van der Waals surface area contributed by atoms with E-state index in [0.29, 0.717) is 15.6 Å². The van der Waals surface area contributed by atoms with Gasteiger partial charge in [-0.05, 0) is 24.3 Å². The summed E-state index contributed by atoms with van der Waals surface area (Å²) in [6, 6.07) is 13.7. The molecule has 4 nitrogen and oxygen atoms in total. The fourth-order valence-electron chi connectivity index (χ4n) is 1.71. The van der Waals surface area contributed by atoms with E-state index in [0.717, 1.165) is 5.56 Å². The van der Waals surface area contributed by atoms with Gasteiger partial charge in [0.15, 0.2) is 0 Å². The van der Waals surface area contributed by atoms with Crippen molar-refractivity contribution in [3.05, 3.63) is 69.7 Å². The lowest BCUT2D eigenvalue weighted by molar-refractivity contribution is 0.0470. The van der Waals surface area contributed by atoms with Gasteiger partial charge < -0.3 is 9.47 Å². The first-order chi connectivity index (χ1) is 10.1. The first kappa shape index (κ1) is 15.3. The number of hydrogen-bond donors (Lipinski definition) is 0. The van der Waals surface area contributed by atoms with Crippen molar-refractivity contribution in [2.24, 2.45) is 0 Å². The van der Waals surface area contributed by atoms with Crippen LogP contribution in [-0.2, 0) is 16.1 Å². The van der Waals surface area contributed by atoms with E-state index >= 15 is 0 Å². The number of methoxy groups -OCH3 is 1. The van der Waals surface area contributed by atoms with Gasteiger partial charge in [0.25, 0.3) is 0 Å². The van der Waals surface area contributed by atoms with Gasteiger partial charge in [0.1, 0.15) is 6.61 Å². The molecule has 0 aliphatic carbocycles. The summed E-state index contributed by atoms with van der Waals surface area (Å²) < 4.78 is 10.6. The van der Waals surface area contributed by atoms with Crippen LogP contribution >= 0.6 is 15.9 Å². The number of ether oxygens (including phenoxy) is 2. The Morgan fingerprint density at radius 3 is 2.33 bits per heavy atom. The SMILES string of the molecule is COC(=O)c1ccc(COC(=O)c2ccccc2)c(Br)c1. The third-order valence-electron chi connectivity index (χ3n) is 2.84. The van der Waals surface area contributed by atoms with Crippen molar-refractivity contribution < 1.29 is 19.1 Å². The monoisotopic (exact) mass is 348 g/mol. The van der Waals surface area contributed by atoms with Gasteiger partial charge in [0.2, 0.25) is 0 Å². The Morgan fingerprint density at radius 2 is 1.71 bits per heavy atom. The molecule has 0 N–H and O–H groups in total. The highest BCUT2D eigenvalue weighted by Gasteiger charge is 2.11. The maximum atomic E-state index is 11.8. The van der Waals surface area contributed by atoms with Gasteiger partial charge in [-0.3, -0.25) is 0 Å². The van der Waals surface area contributed by atoms with Crippen LogP contribution in [0.5, 0.6) is 0 Å². The molecule has 0 unspecified atom stereocenters. The molecule has 2 rings (SSSR count). The van der Waals surface area contributed by atoms with Crippen LogP contribution in [0, 0.1) is 0 Å². The first-order valence-electron chi connectivity index (χ1n) is 6.20. The van der Waals surface area contributed by atoms with Crippen LogP contribution in [0.4, 0.5) is 0 Å². The predicted molar refractivity (Wildman–Crippen MR) is 81.0 cm³/mol. The van der Waals surface area contributed by atoms with E-state index in [9.17, 15) is 9.59 Å². The van der Waals surface area contributed by atoms with Crippen molar-refractivity contribution >= 4 is 27.9 Å². The second-order valence-corrected chi connectivity index (χ2v) is 5.09. The van der Waals surface area contributed by atoms with E-state index in [1.54, 1.807) is 42.5 Å². The minimum absolute atomic E-state index is 0.121. The third-order valence-corrected chi connectivity index (χ3v) is 3.58. The molecule has 0 aliphatic rings. The third kappa shape index (κ3) is 3.92. The van der Waals surface area contributed by atoms with Crippen LogP contribution < -0.4 is 0 Å². The average molecular weight is 349 g/mol. The minimum Gasteiger partial charge on any atom is -0.465 e. The van der Waals surface area contributed by atoms with E-state index in [1.807, 2.05) is 6.07 Å². The zero-order chi connectivity index (χ0) is 15.2. The molecule has 0 radical (unpaired) electrons. The molecule has 21 heavy (non-hydrogen) atoms. The standard InChI is InChI=1S/C16H13BrO4/c1-20-15(18)12-7-8-13(14(17)9-12)10-21-16(19)11-5-3-2-4-6-11/h2-9H,10H2,1H3. The summed E-state index contributed by atoms with van der Waals surface area (Å²) >= 11 is 3.35. The smallest absolute Gasteiger partial charge is 0.338 e. The highest BCUT2D eigenvalue weighted by molar-refractivity contribution is 9.10. The van der Waals surface area contributed by atoms with Crippen LogP contribution in [0.1, 0.15) is 26.3 Å². The zero-order valence-electron chi connectivity index (χ0n) is 11.3. The molecule has 0 aromatic heterocycles. The van der Waals surface area contributed by atoms with Crippen LogP contribution in [-0.4, -0.2) is 19.0 Å². The maximum absolute atomic E-state index is 11.8. The lowest BCUT2D eigenvalue weighted by atomic mass is 10.1. The van der Waals surface area contributed by atoms with E-state index < -0.39 is 5.97 Å². The Morgan fingerprint density at radius 1 is 1.00 bits per heavy atom. The van der Waals surface area contributed by atoms with E-state index in [-0.39, 0.29) is 12.6 Å². The number of esters is 2. The molecule has 5 heteroatoms. The number of hydrogen-bond acceptors (Lipinski definition) is 4. The predicted octanol–water partition coefficient (Wildman–Crippen LogP) is 3.59. The lowest BCUT2D eigenvalue weighted by Crippen LogP contribution is -2.06. The summed E-state index contributed by atoms with van der Waals surface area (Å²) in [6.07, 6.45) is 0. The number of halogens is 1. The molecule has 2 aromatic rings. The van der Waals surface area contributed by atoms with Crippen LogP contribution in [0.3, 0.4) is 0 Å². The molecule has 0 atom stereocenters. The summed E-state index contributed by atoms with van der Waals surface area (Å²) in [7, 11) is 1.33. The average Bonchev–Trinajstić information content (AvgIpc) is 2.53. The summed E-state index contributed by atoms with van der Waals surface area (Å²) in [5.41, 5.74) is 1.70. The fraction of sp³-hybridized carbons (Fsp3) is 0.125. The highest BCUT2D eigenvalue weighted by atomic mass is 79.9. The highest BCUT2D eigenvalue weighted by Crippen LogP contribution is 2.20. The Balaban J connectivity index is 2.04. The molecular formula is C16H13BrO4. The van der Waals surface area contributed by atoms with E-state index in [4.69, 9.17) is 4.74 Å². The molecule has 0 bridgehead atoms. The normalized spacial score (nSPS) is 10.0. The van der Waals surface area contributed by atoms with Gasteiger partial charge in [-0.25, -0.2) is 9.59 Å².